The number of aliphatic carboxylic acids is 2. The first-order valence-electron chi connectivity index (χ1n) is 5.54. The molecule has 0 aromatic rings. The summed E-state index contributed by atoms with van der Waals surface area (Å²) in [6.07, 6.45) is 3.78. The van der Waals surface area contributed by atoms with Gasteiger partial charge in [0.15, 0.2) is 5.92 Å². The van der Waals surface area contributed by atoms with Gasteiger partial charge in [0.05, 0.1) is 0 Å². The SMILES string of the molecule is O=C(O)C(CCC1([SiH3])CCCCO1)C(=O)O. The molecule has 0 saturated carbocycles. The van der Waals surface area contributed by atoms with Gasteiger partial charge in [-0.25, -0.2) is 0 Å². The van der Waals surface area contributed by atoms with Gasteiger partial charge < -0.3 is 14.9 Å². The molecule has 0 spiro atoms. The Hall–Kier alpha value is -0.883. The van der Waals surface area contributed by atoms with Crippen LogP contribution in [0.15, 0.2) is 0 Å². The number of hydrogen-bond donors (Lipinski definition) is 2. The quantitative estimate of drug-likeness (QED) is 0.519. The second-order valence-electron chi connectivity index (χ2n) is 4.52. The van der Waals surface area contributed by atoms with Crippen LogP contribution in [-0.2, 0) is 14.3 Å². The lowest BCUT2D eigenvalue weighted by atomic mass is 9.97. The molecule has 0 radical (unpaired) electrons. The highest BCUT2D eigenvalue weighted by molar-refractivity contribution is 6.14. The van der Waals surface area contributed by atoms with E-state index in [9.17, 15) is 9.59 Å². The van der Waals surface area contributed by atoms with Crippen molar-refractivity contribution >= 4 is 22.2 Å². The van der Waals surface area contributed by atoms with Gasteiger partial charge in [-0.15, -0.1) is 0 Å². The molecule has 1 aliphatic heterocycles. The fourth-order valence-electron chi connectivity index (χ4n) is 1.99. The van der Waals surface area contributed by atoms with Crippen molar-refractivity contribution in [3.8, 4) is 0 Å². The summed E-state index contributed by atoms with van der Waals surface area (Å²) in [7, 11) is 0.819. The molecule has 92 valence electrons. The van der Waals surface area contributed by atoms with Crippen LogP contribution >= 0.6 is 0 Å². The molecular formula is C10H18O5Si. The molecule has 1 heterocycles. The van der Waals surface area contributed by atoms with Crippen LogP contribution in [0.25, 0.3) is 0 Å². The van der Waals surface area contributed by atoms with Crippen LogP contribution < -0.4 is 0 Å². The predicted molar refractivity (Wildman–Crippen MR) is 60.5 cm³/mol. The number of carboxylic acids is 2. The molecule has 1 atom stereocenters. The van der Waals surface area contributed by atoms with E-state index in [1.165, 1.54) is 0 Å². The van der Waals surface area contributed by atoms with Crippen LogP contribution in [0.4, 0.5) is 0 Å². The van der Waals surface area contributed by atoms with Gasteiger partial charge in [0.25, 0.3) is 0 Å². The topological polar surface area (TPSA) is 83.8 Å². The lowest BCUT2D eigenvalue weighted by molar-refractivity contribution is -0.155. The van der Waals surface area contributed by atoms with E-state index in [1.54, 1.807) is 0 Å². The van der Waals surface area contributed by atoms with Crippen LogP contribution in [0.1, 0.15) is 32.1 Å². The summed E-state index contributed by atoms with van der Waals surface area (Å²) in [5, 5.41) is 17.3. The minimum atomic E-state index is -1.30. The molecule has 6 heteroatoms. The van der Waals surface area contributed by atoms with Crippen molar-refractivity contribution in [1.82, 2.24) is 0 Å². The average molecular weight is 246 g/mol. The molecule has 0 aromatic carbocycles. The maximum atomic E-state index is 10.7. The van der Waals surface area contributed by atoms with Gasteiger partial charge in [0.2, 0.25) is 0 Å². The summed E-state index contributed by atoms with van der Waals surface area (Å²) in [5.74, 6) is -3.81. The van der Waals surface area contributed by atoms with Crippen LogP contribution in [0.2, 0.25) is 0 Å². The summed E-state index contributed by atoms with van der Waals surface area (Å²) in [5.41, 5.74) is 0. The standard InChI is InChI=1S/C10H18O5Si/c11-8(12)7(9(13)14)3-5-10(16)4-1-2-6-15-10/h7H,1-6H2,16H3,(H,11,12)(H,13,14). The average Bonchev–Trinajstić information content (AvgIpc) is 2.17. The molecule has 0 aliphatic carbocycles. The third-order valence-electron chi connectivity index (χ3n) is 3.11. The van der Waals surface area contributed by atoms with Gasteiger partial charge >= 0.3 is 11.9 Å². The van der Waals surface area contributed by atoms with E-state index >= 15 is 0 Å². The Morgan fingerprint density at radius 1 is 1.31 bits per heavy atom. The largest absolute Gasteiger partial charge is 0.481 e. The molecule has 0 amide bonds. The molecule has 1 saturated heterocycles. The first-order chi connectivity index (χ1) is 7.44. The summed E-state index contributed by atoms with van der Waals surface area (Å²) in [6, 6.07) is 0. The second kappa shape index (κ2) is 5.45. The fourth-order valence-corrected chi connectivity index (χ4v) is 2.84. The summed E-state index contributed by atoms with van der Waals surface area (Å²) >= 11 is 0. The number of carboxylic acid groups (broad SMARTS) is 2. The van der Waals surface area contributed by atoms with E-state index in [-0.39, 0.29) is 11.6 Å². The zero-order chi connectivity index (χ0) is 12.2. The van der Waals surface area contributed by atoms with Crippen LogP contribution in [0.3, 0.4) is 0 Å². The van der Waals surface area contributed by atoms with E-state index in [0.717, 1.165) is 29.5 Å². The van der Waals surface area contributed by atoms with Crippen molar-refractivity contribution in [2.45, 2.75) is 37.3 Å². The highest BCUT2D eigenvalue weighted by Gasteiger charge is 2.32. The normalized spacial score (nSPS) is 25.8. The first-order valence-corrected chi connectivity index (χ1v) is 6.54. The van der Waals surface area contributed by atoms with Crippen molar-refractivity contribution in [2.75, 3.05) is 6.61 Å². The van der Waals surface area contributed by atoms with Crippen molar-refractivity contribution < 1.29 is 24.5 Å². The van der Waals surface area contributed by atoms with Gasteiger partial charge in [-0.3, -0.25) is 9.59 Å². The molecular weight excluding hydrogens is 228 g/mol. The number of hydrogen-bond acceptors (Lipinski definition) is 3. The third-order valence-corrected chi connectivity index (χ3v) is 4.40. The van der Waals surface area contributed by atoms with Crippen molar-refractivity contribution in [3.05, 3.63) is 0 Å². The molecule has 16 heavy (non-hydrogen) atoms. The molecule has 2 N–H and O–H groups in total. The van der Waals surface area contributed by atoms with Gasteiger partial charge in [-0.2, -0.15) is 0 Å². The minimum absolute atomic E-state index is 0.161. The lowest BCUT2D eigenvalue weighted by Gasteiger charge is -2.34. The summed E-state index contributed by atoms with van der Waals surface area (Å²) in [6.45, 7) is 0.717. The maximum Gasteiger partial charge on any atom is 0.317 e. The first kappa shape index (κ1) is 13.2. The zero-order valence-corrected chi connectivity index (χ0v) is 11.4. The Bertz CT molecular complexity index is 258. The number of rotatable bonds is 5. The monoisotopic (exact) mass is 246 g/mol. The lowest BCUT2D eigenvalue weighted by Crippen LogP contribution is -2.38. The van der Waals surface area contributed by atoms with E-state index in [0.29, 0.717) is 13.0 Å². The molecule has 5 nitrogen and oxygen atoms in total. The highest BCUT2D eigenvalue weighted by Crippen LogP contribution is 2.28. The Kier molecular flexibility index (Phi) is 4.49. The second-order valence-corrected chi connectivity index (χ2v) is 6.35. The Morgan fingerprint density at radius 3 is 2.38 bits per heavy atom. The third kappa shape index (κ3) is 3.60. The van der Waals surface area contributed by atoms with Crippen LogP contribution in [-0.4, -0.2) is 44.2 Å². The molecule has 1 aliphatic rings. The molecule has 0 aromatic heterocycles. The Morgan fingerprint density at radius 2 is 1.94 bits per heavy atom. The molecule has 1 fully saturated rings. The Labute approximate surface area is 97.2 Å². The van der Waals surface area contributed by atoms with Crippen LogP contribution in [0, 0.1) is 5.92 Å². The van der Waals surface area contributed by atoms with Gasteiger partial charge in [0, 0.05) is 22.1 Å². The zero-order valence-electron chi connectivity index (χ0n) is 9.44. The van der Waals surface area contributed by atoms with Crippen molar-refractivity contribution in [3.63, 3.8) is 0 Å². The minimum Gasteiger partial charge on any atom is -0.481 e. The van der Waals surface area contributed by atoms with Crippen molar-refractivity contribution in [1.29, 1.82) is 0 Å². The van der Waals surface area contributed by atoms with E-state index in [1.807, 2.05) is 0 Å². The van der Waals surface area contributed by atoms with Crippen molar-refractivity contribution in [2.24, 2.45) is 5.92 Å². The Balaban J connectivity index is 2.47. The fraction of sp³-hybridized carbons (Fsp3) is 0.800. The highest BCUT2D eigenvalue weighted by atomic mass is 28.1. The van der Waals surface area contributed by atoms with Gasteiger partial charge in [-0.05, 0) is 32.1 Å². The van der Waals surface area contributed by atoms with Gasteiger partial charge in [-0.1, -0.05) is 0 Å². The molecule has 1 unspecified atom stereocenters. The van der Waals surface area contributed by atoms with E-state index < -0.39 is 17.9 Å². The van der Waals surface area contributed by atoms with Crippen LogP contribution in [0.5, 0.6) is 0 Å². The predicted octanol–water partition coefficient (Wildman–Crippen LogP) is -0.186. The smallest absolute Gasteiger partial charge is 0.317 e. The van der Waals surface area contributed by atoms with E-state index in [4.69, 9.17) is 14.9 Å². The summed E-state index contributed by atoms with van der Waals surface area (Å²) in [4.78, 5) is 21.4. The number of carbonyl (C=O) groups is 2. The number of ether oxygens (including phenoxy) is 1. The molecule has 0 bridgehead atoms. The summed E-state index contributed by atoms with van der Waals surface area (Å²) < 4.78 is 5.65. The maximum absolute atomic E-state index is 10.7. The van der Waals surface area contributed by atoms with Gasteiger partial charge in [0.1, 0.15) is 0 Å². The van der Waals surface area contributed by atoms with E-state index in [2.05, 4.69) is 0 Å². The molecule has 1 rings (SSSR count).